The quantitative estimate of drug-likeness (QED) is 0.752. The second-order valence-electron chi connectivity index (χ2n) is 5.25. The molecule has 1 fully saturated rings. The van der Waals surface area contributed by atoms with Gasteiger partial charge in [-0.25, -0.2) is 0 Å². The number of hydrogen-bond acceptors (Lipinski definition) is 2. The maximum absolute atomic E-state index is 3.62. The SMILES string of the molecule is CCCN1CC(NCC)CC(C(C)C)C1. The largest absolute Gasteiger partial charge is 0.313 e. The molecule has 0 amide bonds. The minimum Gasteiger partial charge on any atom is -0.313 e. The Kier molecular flexibility index (Phi) is 5.62. The summed E-state index contributed by atoms with van der Waals surface area (Å²) in [6.07, 6.45) is 2.65. The molecule has 1 aliphatic rings. The normalized spacial score (nSPS) is 28.6. The molecule has 90 valence electrons. The van der Waals surface area contributed by atoms with E-state index < -0.39 is 0 Å². The topological polar surface area (TPSA) is 15.3 Å². The van der Waals surface area contributed by atoms with E-state index >= 15 is 0 Å². The Bertz CT molecular complexity index is 154. The Morgan fingerprint density at radius 1 is 1.27 bits per heavy atom. The molecule has 0 aromatic rings. The van der Waals surface area contributed by atoms with Crippen LogP contribution in [0.3, 0.4) is 0 Å². The molecule has 2 nitrogen and oxygen atoms in total. The van der Waals surface area contributed by atoms with Crippen molar-refractivity contribution in [1.29, 1.82) is 0 Å². The Labute approximate surface area is 95.4 Å². The van der Waals surface area contributed by atoms with Crippen LogP contribution in [-0.4, -0.2) is 37.1 Å². The van der Waals surface area contributed by atoms with Gasteiger partial charge in [0.15, 0.2) is 0 Å². The van der Waals surface area contributed by atoms with Crippen molar-refractivity contribution in [3.63, 3.8) is 0 Å². The van der Waals surface area contributed by atoms with E-state index in [0.717, 1.165) is 24.4 Å². The summed E-state index contributed by atoms with van der Waals surface area (Å²) in [5.41, 5.74) is 0. The van der Waals surface area contributed by atoms with Gasteiger partial charge in [-0.1, -0.05) is 27.7 Å². The lowest BCUT2D eigenvalue weighted by Gasteiger charge is -2.39. The average Bonchev–Trinajstić information content (AvgIpc) is 2.18. The summed E-state index contributed by atoms with van der Waals surface area (Å²) in [5, 5.41) is 3.62. The maximum Gasteiger partial charge on any atom is 0.0198 e. The Hall–Kier alpha value is -0.0800. The fourth-order valence-electron chi connectivity index (χ4n) is 2.65. The summed E-state index contributed by atoms with van der Waals surface area (Å²) in [6.45, 7) is 14.2. The molecule has 0 saturated carbocycles. The van der Waals surface area contributed by atoms with E-state index in [2.05, 4.69) is 37.9 Å². The zero-order valence-corrected chi connectivity index (χ0v) is 10.9. The van der Waals surface area contributed by atoms with Gasteiger partial charge in [-0.05, 0) is 37.8 Å². The second kappa shape index (κ2) is 6.49. The summed E-state index contributed by atoms with van der Waals surface area (Å²) in [7, 11) is 0. The standard InChI is InChI=1S/C13H28N2/c1-5-7-15-9-12(11(3)4)8-13(10-15)14-6-2/h11-14H,5-10H2,1-4H3. The highest BCUT2D eigenvalue weighted by Gasteiger charge is 2.27. The van der Waals surface area contributed by atoms with Crippen LogP contribution in [0.5, 0.6) is 0 Å². The summed E-state index contributed by atoms with van der Waals surface area (Å²) >= 11 is 0. The molecule has 2 unspecified atom stereocenters. The van der Waals surface area contributed by atoms with Crippen LogP contribution in [0.25, 0.3) is 0 Å². The smallest absolute Gasteiger partial charge is 0.0198 e. The van der Waals surface area contributed by atoms with Crippen LogP contribution >= 0.6 is 0 Å². The molecular weight excluding hydrogens is 184 g/mol. The molecule has 1 aliphatic heterocycles. The molecule has 0 aliphatic carbocycles. The summed E-state index contributed by atoms with van der Waals surface area (Å²) < 4.78 is 0. The summed E-state index contributed by atoms with van der Waals surface area (Å²) in [4.78, 5) is 2.64. The lowest BCUT2D eigenvalue weighted by Crippen LogP contribution is -2.50. The Morgan fingerprint density at radius 2 is 2.00 bits per heavy atom. The first kappa shape index (κ1) is 13.0. The van der Waals surface area contributed by atoms with Crippen molar-refractivity contribution < 1.29 is 0 Å². The zero-order valence-electron chi connectivity index (χ0n) is 10.9. The van der Waals surface area contributed by atoms with Gasteiger partial charge < -0.3 is 10.2 Å². The molecule has 1 N–H and O–H groups in total. The van der Waals surface area contributed by atoms with Gasteiger partial charge in [0.2, 0.25) is 0 Å². The Morgan fingerprint density at radius 3 is 2.53 bits per heavy atom. The highest BCUT2D eigenvalue weighted by atomic mass is 15.2. The number of nitrogens with zero attached hydrogens (tertiary/aromatic N) is 1. The van der Waals surface area contributed by atoms with Crippen molar-refractivity contribution >= 4 is 0 Å². The van der Waals surface area contributed by atoms with E-state index in [-0.39, 0.29) is 0 Å². The molecule has 0 aromatic heterocycles. The summed E-state index contributed by atoms with van der Waals surface area (Å²) in [5.74, 6) is 1.71. The van der Waals surface area contributed by atoms with Crippen LogP contribution in [0, 0.1) is 11.8 Å². The van der Waals surface area contributed by atoms with Crippen LogP contribution in [-0.2, 0) is 0 Å². The molecule has 2 heteroatoms. The molecule has 1 saturated heterocycles. The van der Waals surface area contributed by atoms with Gasteiger partial charge in [-0.3, -0.25) is 0 Å². The third-order valence-electron chi connectivity index (χ3n) is 3.53. The second-order valence-corrected chi connectivity index (χ2v) is 5.25. The molecule has 1 rings (SSSR count). The van der Waals surface area contributed by atoms with Crippen molar-refractivity contribution in [2.75, 3.05) is 26.2 Å². The average molecular weight is 212 g/mol. The Balaban J connectivity index is 2.48. The molecule has 0 spiro atoms. The van der Waals surface area contributed by atoms with E-state index in [9.17, 15) is 0 Å². The minimum atomic E-state index is 0.725. The number of piperidine rings is 1. The molecular formula is C13H28N2. The lowest BCUT2D eigenvalue weighted by atomic mass is 9.85. The predicted octanol–water partition coefficient (Wildman–Crippen LogP) is 2.35. The molecule has 1 heterocycles. The van der Waals surface area contributed by atoms with Crippen molar-refractivity contribution in [3.8, 4) is 0 Å². The third kappa shape index (κ3) is 4.12. The van der Waals surface area contributed by atoms with Crippen LogP contribution in [0.2, 0.25) is 0 Å². The van der Waals surface area contributed by atoms with Crippen molar-refractivity contribution in [1.82, 2.24) is 10.2 Å². The molecule has 15 heavy (non-hydrogen) atoms. The van der Waals surface area contributed by atoms with Gasteiger partial charge in [-0.2, -0.15) is 0 Å². The van der Waals surface area contributed by atoms with Crippen molar-refractivity contribution in [2.45, 2.75) is 46.6 Å². The van der Waals surface area contributed by atoms with E-state index in [1.54, 1.807) is 0 Å². The monoisotopic (exact) mass is 212 g/mol. The van der Waals surface area contributed by atoms with Crippen molar-refractivity contribution in [2.24, 2.45) is 11.8 Å². The number of hydrogen-bond donors (Lipinski definition) is 1. The van der Waals surface area contributed by atoms with Gasteiger partial charge in [-0.15, -0.1) is 0 Å². The van der Waals surface area contributed by atoms with E-state index in [0.29, 0.717) is 0 Å². The van der Waals surface area contributed by atoms with Gasteiger partial charge >= 0.3 is 0 Å². The molecule has 0 aromatic carbocycles. The fraction of sp³-hybridized carbons (Fsp3) is 1.00. The summed E-state index contributed by atoms with van der Waals surface area (Å²) in [6, 6.07) is 0.725. The lowest BCUT2D eigenvalue weighted by molar-refractivity contribution is 0.117. The van der Waals surface area contributed by atoms with Crippen LogP contribution in [0.15, 0.2) is 0 Å². The molecule has 0 radical (unpaired) electrons. The zero-order chi connectivity index (χ0) is 11.3. The highest BCUT2D eigenvalue weighted by molar-refractivity contribution is 4.84. The number of nitrogens with one attached hydrogen (secondary N) is 1. The number of likely N-dealkylation sites (tertiary alicyclic amines) is 1. The van der Waals surface area contributed by atoms with E-state index in [1.165, 1.54) is 32.5 Å². The van der Waals surface area contributed by atoms with E-state index in [4.69, 9.17) is 0 Å². The highest BCUT2D eigenvalue weighted by Crippen LogP contribution is 2.23. The first-order valence-corrected chi connectivity index (χ1v) is 6.63. The fourth-order valence-corrected chi connectivity index (χ4v) is 2.65. The van der Waals surface area contributed by atoms with Crippen LogP contribution in [0.4, 0.5) is 0 Å². The van der Waals surface area contributed by atoms with Crippen molar-refractivity contribution in [3.05, 3.63) is 0 Å². The van der Waals surface area contributed by atoms with Gasteiger partial charge in [0, 0.05) is 19.1 Å². The third-order valence-corrected chi connectivity index (χ3v) is 3.53. The first-order valence-electron chi connectivity index (χ1n) is 6.63. The van der Waals surface area contributed by atoms with Crippen LogP contribution in [0.1, 0.15) is 40.5 Å². The first-order chi connectivity index (χ1) is 7.17. The maximum atomic E-state index is 3.62. The van der Waals surface area contributed by atoms with E-state index in [1.807, 2.05) is 0 Å². The van der Waals surface area contributed by atoms with Gasteiger partial charge in [0.05, 0.1) is 0 Å². The molecule has 0 bridgehead atoms. The van der Waals surface area contributed by atoms with Gasteiger partial charge in [0.1, 0.15) is 0 Å². The predicted molar refractivity (Wildman–Crippen MR) is 67.1 cm³/mol. The molecule has 2 atom stereocenters. The minimum absolute atomic E-state index is 0.725. The number of rotatable bonds is 5. The number of likely N-dealkylation sites (N-methyl/N-ethyl adjacent to an activating group) is 1. The van der Waals surface area contributed by atoms with Gasteiger partial charge in [0.25, 0.3) is 0 Å². The van der Waals surface area contributed by atoms with Crippen LogP contribution < -0.4 is 5.32 Å².